The lowest BCUT2D eigenvalue weighted by Crippen LogP contribution is -2.57. The van der Waals surface area contributed by atoms with E-state index in [1.807, 2.05) is 45.9 Å². The number of rotatable bonds is 3. The predicted octanol–water partition coefficient (Wildman–Crippen LogP) is 5.74. The molecular weight excluding hydrogens is 584 g/mol. The first-order valence-corrected chi connectivity index (χ1v) is 17.2. The van der Waals surface area contributed by atoms with Gasteiger partial charge in [0.25, 0.3) is 0 Å². The standard InChI is InChI=1S/C36H50N4O6/c1-8-23-28-18-40(30(23)20(3)41)34(42)32(36(4,5)6)39-35(43)46-31-21(16-24-19(2)29(24)31)12-10-9-11-13-26-33(45-28)38-27-17-22(44-7)14-15-25(27)37-26/h14-15,17,19,21,23-24,28-32H,8-13,16,18H2,1-7H3,(H,39,43)/t19-,21+,23+,24+,28-,29-,30+,31-,32+/m0/s1. The third kappa shape index (κ3) is 6.16. The van der Waals surface area contributed by atoms with Crippen LogP contribution in [-0.2, 0) is 20.7 Å². The van der Waals surface area contributed by atoms with Crippen molar-refractivity contribution in [2.75, 3.05) is 13.7 Å². The summed E-state index contributed by atoms with van der Waals surface area (Å²) in [6, 6.07) is 4.08. The fourth-order valence-electron chi connectivity index (χ4n) is 8.53. The number of aryl methyl sites for hydroxylation is 1. The van der Waals surface area contributed by atoms with Gasteiger partial charge >= 0.3 is 6.09 Å². The normalized spacial score (nSPS) is 33.5. The Labute approximate surface area is 272 Å². The molecule has 9 atom stereocenters. The van der Waals surface area contributed by atoms with E-state index < -0.39 is 29.7 Å². The molecule has 4 aliphatic rings. The molecule has 3 fully saturated rings. The number of nitrogens with one attached hydrogen (secondary N) is 1. The molecule has 250 valence electrons. The average molecular weight is 635 g/mol. The van der Waals surface area contributed by atoms with Crippen LogP contribution in [0.2, 0.25) is 0 Å². The summed E-state index contributed by atoms with van der Waals surface area (Å²) in [5, 5.41) is 2.96. The number of ketones is 1. The van der Waals surface area contributed by atoms with E-state index in [0.717, 1.165) is 43.3 Å². The lowest BCUT2D eigenvalue weighted by Gasteiger charge is -2.36. The number of ether oxygens (including phenoxy) is 3. The molecular formula is C36H50N4O6. The van der Waals surface area contributed by atoms with Crippen molar-refractivity contribution in [3.05, 3.63) is 23.9 Å². The summed E-state index contributed by atoms with van der Waals surface area (Å²) in [7, 11) is 1.62. The van der Waals surface area contributed by atoms with Crippen molar-refractivity contribution in [2.45, 2.75) is 111 Å². The van der Waals surface area contributed by atoms with Gasteiger partial charge in [-0.3, -0.25) is 9.59 Å². The summed E-state index contributed by atoms with van der Waals surface area (Å²) >= 11 is 0. The third-order valence-electron chi connectivity index (χ3n) is 11.1. The molecule has 1 aromatic carbocycles. The number of aromatic nitrogens is 2. The van der Waals surface area contributed by atoms with E-state index in [4.69, 9.17) is 24.2 Å². The van der Waals surface area contributed by atoms with Crippen molar-refractivity contribution in [1.29, 1.82) is 0 Å². The van der Waals surface area contributed by atoms with Crippen molar-refractivity contribution in [2.24, 2.45) is 35.0 Å². The Hall–Kier alpha value is -3.43. The van der Waals surface area contributed by atoms with Gasteiger partial charge < -0.3 is 24.4 Å². The summed E-state index contributed by atoms with van der Waals surface area (Å²) in [6.45, 7) is 11.8. The maximum Gasteiger partial charge on any atom is 0.408 e. The summed E-state index contributed by atoms with van der Waals surface area (Å²) in [5.41, 5.74) is 1.59. The molecule has 0 spiro atoms. The van der Waals surface area contributed by atoms with Gasteiger partial charge in [-0.05, 0) is 74.3 Å². The van der Waals surface area contributed by atoms with E-state index in [2.05, 4.69) is 12.2 Å². The zero-order valence-electron chi connectivity index (χ0n) is 28.4. The molecule has 10 heteroatoms. The van der Waals surface area contributed by atoms with Crippen molar-refractivity contribution in [1.82, 2.24) is 20.2 Å². The van der Waals surface area contributed by atoms with Crippen LogP contribution in [0.4, 0.5) is 4.79 Å². The Morgan fingerprint density at radius 2 is 1.89 bits per heavy atom. The van der Waals surface area contributed by atoms with Gasteiger partial charge in [-0.2, -0.15) is 0 Å². The lowest BCUT2D eigenvalue weighted by molar-refractivity contribution is -0.141. The van der Waals surface area contributed by atoms with Crippen molar-refractivity contribution < 1.29 is 28.6 Å². The molecule has 0 unspecified atom stereocenters. The van der Waals surface area contributed by atoms with Gasteiger partial charge in [0, 0.05) is 17.9 Å². The first-order valence-electron chi connectivity index (χ1n) is 17.2. The number of carbonyl (C=O) groups excluding carboxylic acids is 3. The van der Waals surface area contributed by atoms with E-state index in [-0.39, 0.29) is 30.3 Å². The number of nitrogens with zero attached hydrogens (tertiary/aromatic N) is 3. The molecule has 1 saturated heterocycles. The van der Waals surface area contributed by atoms with Gasteiger partial charge in [0.1, 0.15) is 29.7 Å². The zero-order chi connectivity index (χ0) is 32.9. The fraction of sp³-hybridized carbons (Fsp3) is 0.694. The molecule has 1 aromatic heterocycles. The smallest absolute Gasteiger partial charge is 0.408 e. The zero-order valence-corrected chi connectivity index (χ0v) is 28.4. The molecule has 1 N–H and O–H groups in total. The minimum absolute atomic E-state index is 0.107. The molecule has 2 amide bonds. The SMILES string of the molecule is CC[C@@H]1[C@@H]2CN(C(=O)[C@H](C(C)(C)C)NC(=O)O[C@H]3[C@H](CCCCCc4nc5ccc(OC)cc5nc4O2)C[C@@H]2[C@H](C)[C@@H]23)[C@@H]1C(C)=O. The molecule has 2 aromatic rings. The van der Waals surface area contributed by atoms with E-state index in [0.29, 0.717) is 53.7 Å². The van der Waals surface area contributed by atoms with Crippen LogP contribution in [0.3, 0.4) is 0 Å². The first-order chi connectivity index (χ1) is 21.9. The van der Waals surface area contributed by atoms with Crippen LogP contribution in [0.5, 0.6) is 11.6 Å². The predicted molar refractivity (Wildman–Crippen MR) is 174 cm³/mol. The molecule has 6 rings (SSSR count). The molecule has 0 radical (unpaired) electrons. The van der Waals surface area contributed by atoms with Gasteiger partial charge in [-0.1, -0.05) is 47.5 Å². The second-order valence-electron chi connectivity index (χ2n) is 15.1. The molecule has 2 aliphatic carbocycles. The Morgan fingerprint density at radius 1 is 1.11 bits per heavy atom. The number of amides is 2. The maximum atomic E-state index is 14.4. The van der Waals surface area contributed by atoms with Gasteiger partial charge in [-0.25, -0.2) is 14.8 Å². The summed E-state index contributed by atoms with van der Waals surface area (Å²) in [5.74, 6) is 2.34. The number of methoxy groups -OCH3 is 1. The van der Waals surface area contributed by atoms with E-state index in [1.54, 1.807) is 12.0 Å². The number of hydrogen-bond acceptors (Lipinski definition) is 8. The molecule has 2 saturated carbocycles. The van der Waals surface area contributed by atoms with E-state index in [9.17, 15) is 14.4 Å². The highest BCUT2D eigenvalue weighted by atomic mass is 16.6. The highest BCUT2D eigenvalue weighted by molar-refractivity contribution is 5.92. The largest absolute Gasteiger partial charge is 0.497 e. The summed E-state index contributed by atoms with van der Waals surface area (Å²) < 4.78 is 18.3. The number of Topliss-reactive ketones (excluding diaryl/α,β-unsaturated/α-hetero) is 1. The molecule has 3 heterocycles. The van der Waals surface area contributed by atoms with Gasteiger partial charge in [-0.15, -0.1) is 0 Å². The first kappa shape index (κ1) is 32.5. The van der Waals surface area contributed by atoms with E-state index >= 15 is 0 Å². The Bertz CT molecular complexity index is 1490. The maximum absolute atomic E-state index is 14.4. The average Bonchev–Trinajstić information content (AvgIpc) is 3.31. The van der Waals surface area contributed by atoms with Crippen LogP contribution in [0, 0.1) is 35.0 Å². The van der Waals surface area contributed by atoms with Crippen LogP contribution >= 0.6 is 0 Å². The van der Waals surface area contributed by atoms with Crippen LogP contribution in [-0.4, -0.2) is 70.6 Å². The Morgan fingerprint density at radius 3 is 2.59 bits per heavy atom. The topological polar surface area (TPSA) is 120 Å². The second-order valence-corrected chi connectivity index (χ2v) is 15.1. The van der Waals surface area contributed by atoms with Crippen molar-refractivity contribution in [3.8, 4) is 11.6 Å². The monoisotopic (exact) mass is 634 g/mol. The van der Waals surface area contributed by atoms with Crippen LogP contribution < -0.4 is 14.8 Å². The molecule has 46 heavy (non-hydrogen) atoms. The summed E-state index contributed by atoms with van der Waals surface area (Å²) in [6.07, 6.45) is 5.23. The number of alkyl carbamates (subject to hydrolysis) is 1. The van der Waals surface area contributed by atoms with Gasteiger partial charge in [0.05, 0.1) is 30.7 Å². The highest BCUT2D eigenvalue weighted by Gasteiger charge is 2.61. The van der Waals surface area contributed by atoms with Crippen LogP contribution in [0.1, 0.15) is 85.8 Å². The van der Waals surface area contributed by atoms with Crippen LogP contribution in [0.15, 0.2) is 18.2 Å². The lowest BCUT2D eigenvalue weighted by atomic mass is 9.85. The van der Waals surface area contributed by atoms with Crippen molar-refractivity contribution >= 4 is 28.8 Å². The third-order valence-corrected chi connectivity index (χ3v) is 11.1. The Kier molecular flexibility index (Phi) is 8.93. The number of carbonyl (C=O) groups is 3. The van der Waals surface area contributed by atoms with Gasteiger partial charge in [0.2, 0.25) is 11.8 Å². The number of benzene rings is 1. The molecule has 2 aliphatic heterocycles. The molecule has 10 nitrogen and oxygen atoms in total. The van der Waals surface area contributed by atoms with Gasteiger partial charge in [0.15, 0.2) is 5.78 Å². The van der Waals surface area contributed by atoms with E-state index in [1.165, 1.54) is 6.92 Å². The number of fused-ring (bicyclic) bond motifs is 7. The quantitative estimate of drug-likeness (QED) is 0.454. The minimum atomic E-state index is -0.882. The summed E-state index contributed by atoms with van der Waals surface area (Å²) in [4.78, 5) is 52.7. The van der Waals surface area contributed by atoms with Crippen LogP contribution in [0.25, 0.3) is 11.0 Å². The van der Waals surface area contributed by atoms with Crippen molar-refractivity contribution in [3.63, 3.8) is 0 Å². The minimum Gasteiger partial charge on any atom is -0.497 e. The fourth-order valence-corrected chi connectivity index (χ4v) is 8.53. The Balaban J connectivity index is 1.38. The number of hydrogen-bond donors (Lipinski definition) is 1. The second kappa shape index (κ2) is 12.6. The highest BCUT2D eigenvalue weighted by Crippen LogP contribution is 2.61. The molecule has 2 bridgehead atoms.